The number of pyridine rings is 1. The number of aromatic nitrogens is 3. The maximum Gasteiger partial charge on any atom is 0.219 e. The Hall–Kier alpha value is -2.48. The Morgan fingerprint density at radius 1 is 1.15 bits per heavy atom. The van der Waals surface area contributed by atoms with E-state index in [1.54, 1.807) is 18.6 Å². The Balaban J connectivity index is 2.36. The van der Waals surface area contributed by atoms with E-state index in [9.17, 15) is 5.26 Å². The van der Waals surface area contributed by atoms with Gasteiger partial charge in [0.1, 0.15) is 0 Å². The topological polar surface area (TPSA) is 88.5 Å². The maximum atomic E-state index is 9.41. The highest BCUT2D eigenvalue weighted by Crippen LogP contribution is 2.31. The number of nitrogens with zero attached hydrogens (tertiary/aromatic N) is 4. The van der Waals surface area contributed by atoms with Crippen LogP contribution in [-0.2, 0) is 5.41 Å². The van der Waals surface area contributed by atoms with E-state index in [-0.39, 0.29) is 11.9 Å². The van der Waals surface area contributed by atoms with Crippen molar-refractivity contribution in [1.29, 1.82) is 5.26 Å². The molecule has 20 heavy (non-hydrogen) atoms. The van der Waals surface area contributed by atoms with E-state index in [2.05, 4.69) is 21.0 Å². The van der Waals surface area contributed by atoms with Crippen molar-refractivity contribution in [3.63, 3.8) is 0 Å². The Kier molecular flexibility index (Phi) is 3.66. The molecule has 0 saturated heterocycles. The van der Waals surface area contributed by atoms with Crippen LogP contribution in [0, 0.1) is 17.2 Å². The first-order valence-corrected chi connectivity index (χ1v) is 6.43. The van der Waals surface area contributed by atoms with Gasteiger partial charge >= 0.3 is 0 Å². The second kappa shape index (κ2) is 5.25. The van der Waals surface area contributed by atoms with Crippen molar-refractivity contribution in [2.24, 2.45) is 5.92 Å². The molecule has 0 bridgehead atoms. The van der Waals surface area contributed by atoms with Crippen molar-refractivity contribution in [1.82, 2.24) is 15.0 Å². The molecule has 0 radical (unpaired) electrons. The van der Waals surface area contributed by atoms with E-state index >= 15 is 0 Å². The molecular formula is C15H17N5. The van der Waals surface area contributed by atoms with E-state index in [4.69, 9.17) is 5.73 Å². The molecule has 0 saturated carbocycles. The fourth-order valence-corrected chi connectivity index (χ4v) is 1.87. The summed E-state index contributed by atoms with van der Waals surface area (Å²) in [4.78, 5) is 12.3. The first-order valence-electron chi connectivity index (χ1n) is 6.43. The number of nitrogen functional groups attached to an aromatic ring is 1. The average molecular weight is 267 g/mol. The molecule has 2 N–H and O–H groups in total. The lowest BCUT2D eigenvalue weighted by molar-refractivity contribution is 0.430. The van der Waals surface area contributed by atoms with Gasteiger partial charge in [0.25, 0.3) is 0 Å². The van der Waals surface area contributed by atoms with Gasteiger partial charge in [0.15, 0.2) is 0 Å². The van der Waals surface area contributed by atoms with Gasteiger partial charge in [-0.25, -0.2) is 9.97 Å². The number of rotatable bonds is 3. The summed E-state index contributed by atoms with van der Waals surface area (Å²) < 4.78 is 0. The van der Waals surface area contributed by atoms with Crippen molar-refractivity contribution >= 4 is 5.95 Å². The van der Waals surface area contributed by atoms with E-state index in [0.29, 0.717) is 0 Å². The third-order valence-corrected chi connectivity index (χ3v) is 3.72. The van der Waals surface area contributed by atoms with Gasteiger partial charge in [0.05, 0.1) is 17.2 Å². The summed E-state index contributed by atoms with van der Waals surface area (Å²) in [6.45, 7) is 6.00. The van der Waals surface area contributed by atoms with Crippen LogP contribution in [0.3, 0.4) is 0 Å². The summed E-state index contributed by atoms with van der Waals surface area (Å²) in [5.41, 5.74) is 7.39. The zero-order valence-electron chi connectivity index (χ0n) is 11.8. The largest absolute Gasteiger partial charge is 0.368 e. The normalized spacial score (nSPS) is 13.8. The summed E-state index contributed by atoms with van der Waals surface area (Å²) >= 11 is 0. The highest BCUT2D eigenvalue weighted by molar-refractivity contribution is 5.57. The van der Waals surface area contributed by atoms with Gasteiger partial charge in [-0.2, -0.15) is 5.26 Å². The smallest absolute Gasteiger partial charge is 0.219 e. The third-order valence-electron chi connectivity index (χ3n) is 3.72. The van der Waals surface area contributed by atoms with Crippen molar-refractivity contribution in [2.75, 3.05) is 5.73 Å². The highest BCUT2D eigenvalue weighted by Gasteiger charge is 2.30. The summed E-state index contributed by atoms with van der Waals surface area (Å²) in [6, 6.07) is 6.19. The molecule has 2 rings (SSSR count). The highest BCUT2D eigenvalue weighted by atomic mass is 15.0. The molecule has 2 aromatic heterocycles. The standard InChI is InChI=1S/C15H17N5/c1-10(2)15(3,9-16)12-4-5-13(18-8-12)11-6-19-14(17)20-7-11/h4-8,10H,1-3H3,(H2,17,19,20)/t15-/m1/s1. The zero-order valence-corrected chi connectivity index (χ0v) is 11.8. The average Bonchev–Trinajstić information content (AvgIpc) is 2.47. The quantitative estimate of drug-likeness (QED) is 0.923. The number of anilines is 1. The minimum Gasteiger partial charge on any atom is -0.368 e. The molecule has 0 aliphatic carbocycles. The summed E-state index contributed by atoms with van der Waals surface area (Å²) in [6.07, 6.45) is 5.02. The Labute approximate surface area is 118 Å². The van der Waals surface area contributed by atoms with Crippen LogP contribution in [0.5, 0.6) is 0 Å². The Morgan fingerprint density at radius 3 is 2.25 bits per heavy atom. The van der Waals surface area contributed by atoms with E-state index < -0.39 is 5.41 Å². The molecule has 0 aliphatic rings. The Bertz CT molecular complexity index is 625. The van der Waals surface area contributed by atoms with Crippen LogP contribution in [0.1, 0.15) is 26.3 Å². The van der Waals surface area contributed by atoms with Gasteiger partial charge < -0.3 is 5.73 Å². The fourth-order valence-electron chi connectivity index (χ4n) is 1.87. The summed E-state index contributed by atoms with van der Waals surface area (Å²) in [5.74, 6) is 0.447. The van der Waals surface area contributed by atoms with Gasteiger partial charge in [0.2, 0.25) is 5.95 Å². The van der Waals surface area contributed by atoms with Gasteiger partial charge in [-0.05, 0) is 24.5 Å². The van der Waals surface area contributed by atoms with Crippen LogP contribution in [0.15, 0.2) is 30.7 Å². The zero-order chi connectivity index (χ0) is 14.8. The lowest BCUT2D eigenvalue weighted by Gasteiger charge is -2.26. The Morgan fingerprint density at radius 2 is 1.80 bits per heavy atom. The molecule has 0 spiro atoms. The van der Waals surface area contributed by atoms with E-state index in [0.717, 1.165) is 16.8 Å². The molecule has 0 aromatic carbocycles. The predicted molar refractivity (Wildman–Crippen MR) is 77.5 cm³/mol. The van der Waals surface area contributed by atoms with E-state index in [1.807, 2.05) is 32.9 Å². The minimum atomic E-state index is -0.539. The van der Waals surface area contributed by atoms with Gasteiger partial charge in [-0.3, -0.25) is 4.98 Å². The predicted octanol–water partition coefficient (Wildman–Crippen LogP) is 2.56. The van der Waals surface area contributed by atoms with Gasteiger partial charge in [0, 0.05) is 24.2 Å². The second-order valence-electron chi connectivity index (χ2n) is 5.23. The minimum absolute atomic E-state index is 0.208. The van der Waals surface area contributed by atoms with Crippen LogP contribution < -0.4 is 5.73 Å². The maximum absolute atomic E-state index is 9.41. The molecule has 0 fully saturated rings. The second-order valence-corrected chi connectivity index (χ2v) is 5.23. The van der Waals surface area contributed by atoms with Crippen LogP contribution in [0.2, 0.25) is 0 Å². The molecule has 0 amide bonds. The molecule has 0 unspecified atom stereocenters. The molecule has 5 heteroatoms. The number of nitrogens with two attached hydrogens (primary N) is 1. The lowest BCUT2D eigenvalue weighted by Crippen LogP contribution is -2.26. The molecule has 5 nitrogen and oxygen atoms in total. The molecular weight excluding hydrogens is 250 g/mol. The van der Waals surface area contributed by atoms with Gasteiger partial charge in [-0.1, -0.05) is 19.9 Å². The monoisotopic (exact) mass is 267 g/mol. The van der Waals surface area contributed by atoms with E-state index in [1.165, 1.54) is 0 Å². The molecule has 2 aromatic rings. The number of hydrogen-bond donors (Lipinski definition) is 1. The van der Waals surface area contributed by atoms with Gasteiger partial charge in [-0.15, -0.1) is 0 Å². The van der Waals surface area contributed by atoms with Crippen LogP contribution in [0.4, 0.5) is 5.95 Å². The first kappa shape index (κ1) is 13.9. The first-order chi connectivity index (χ1) is 9.47. The van der Waals surface area contributed by atoms with Crippen LogP contribution in [-0.4, -0.2) is 15.0 Å². The molecule has 1 atom stereocenters. The fraction of sp³-hybridized carbons (Fsp3) is 0.333. The molecule has 2 heterocycles. The van der Waals surface area contributed by atoms with Crippen LogP contribution in [0.25, 0.3) is 11.3 Å². The van der Waals surface area contributed by atoms with Crippen molar-refractivity contribution < 1.29 is 0 Å². The summed E-state index contributed by atoms with van der Waals surface area (Å²) in [5, 5.41) is 9.41. The molecule has 102 valence electrons. The lowest BCUT2D eigenvalue weighted by atomic mass is 9.75. The van der Waals surface area contributed by atoms with Crippen molar-refractivity contribution in [3.8, 4) is 17.3 Å². The summed E-state index contributed by atoms with van der Waals surface area (Å²) in [7, 11) is 0. The van der Waals surface area contributed by atoms with Crippen molar-refractivity contribution in [2.45, 2.75) is 26.2 Å². The number of nitriles is 1. The SMILES string of the molecule is CC(C)[C@@](C)(C#N)c1ccc(-c2cnc(N)nc2)nc1. The van der Waals surface area contributed by atoms with Crippen molar-refractivity contribution in [3.05, 3.63) is 36.3 Å². The number of hydrogen-bond acceptors (Lipinski definition) is 5. The third kappa shape index (κ3) is 2.45. The molecule has 0 aliphatic heterocycles. The van der Waals surface area contributed by atoms with Crippen LogP contribution >= 0.6 is 0 Å².